The Kier molecular flexibility index (Phi) is 6.32. The first-order valence-electron chi connectivity index (χ1n) is 9.22. The molecule has 1 fully saturated rings. The molecule has 4 rings (SSSR count). The molecule has 2 unspecified atom stereocenters. The van der Waals surface area contributed by atoms with Crippen LogP contribution in [0.3, 0.4) is 0 Å². The largest absolute Gasteiger partial charge is 0.394 e. The van der Waals surface area contributed by atoms with Gasteiger partial charge >= 0.3 is 0 Å². The summed E-state index contributed by atoms with van der Waals surface area (Å²) < 4.78 is 0. The SMILES string of the molecule is CN1C/C(=C\c2ccccc2)C2=NN(CCO)C(c3ccccc3)C2C1.Cl. The minimum Gasteiger partial charge on any atom is -0.394 e. The van der Waals surface area contributed by atoms with Crippen LogP contribution in [0, 0.1) is 5.92 Å². The number of β-amino-alcohol motifs (C(OH)–C–C–N with tert-alkyl or cyclic N) is 1. The minimum atomic E-state index is 0. The molecule has 0 spiro atoms. The quantitative estimate of drug-likeness (QED) is 0.878. The van der Waals surface area contributed by atoms with Gasteiger partial charge in [0.1, 0.15) is 0 Å². The molecule has 2 atom stereocenters. The third kappa shape index (κ3) is 4.08. The monoisotopic (exact) mass is 383 g/mol. The third-order valence-corrected chi connectivity index (χ3v) is 5.18. The molecule has 0 aliphatic carbocycles. The average Bonchev–Trinajstić information content (AvgIpc) is 3.02. The van der Waals surface area contributed by atoms with Gasteiger partial charge in [-0.1, -0.05) is 60.7 Å². The predicted octanol–water partition coefficient (Wildman–Crippen LogP) is 3.46. The summed E-state index contributed by atoms with van der Waals surface area (Å²) in [7, 11) is 2.17. The van der Waals surface area contributed by atoms with Crippen molar-refractivity contribution < 1.29 is 5.11 Å². The Morgan fingerprint density at radius 3 is 2.41 bits per heavy atom. The Hall–Kier alpha value is -2.14. The maximum atomic E-state index is 9.54. The standard InChI is InChI=1S/C22H25N3O.ClH/c1-24-15-19(14-17-8-4-2-5-9-17)21-20(16-24)22(25(23-21)12-13-26)18-10-6-3-7-11-18;/h2-11,14,20,22,26H,12-13,15-16H2,1H3;1H/b19-14+;. The number of piperidine rings is 1. The molecular formula is C22H26ClN3O. The summed E-state index contributed by atoms with van der Waals surface area (Å²) >= 11 is 0. The smallest absolute Gasteiger partial charge is 0.0817 e. The van der Waals surface area contributed by atoms with Gasteiger partial charge in [-0.15, -0.1) is 12.4 Å². The highest BCUT2D eigenvalue weighted by molar-refractivity contribution is 6.07. The van der Waals surface area contributed by atoms with Crippen molar-refractivity contribution in [3.63, 3.8) is 0 Å². The van der Waals surface area contributed by atoms with Gasteiger partial charge in [0.25, 0.3) is 0 Å². The number of benzene rings is 2. The molecule has 0 bridgehead atoms. The molecule has 0 amide bonds. The van der Waals surface area contributed by atoms with Crippen LogP contribution in [0.15, 0.2) is 71.3 Å². The Morgan fingerprint density at radius 2 is 1.74 bits per heavy atom. The fourth-order valence-electron chi connectivity index (χ4n) is 4.11. The fraction of sp³-hybridized carbons (Fsp3) is 0.318. The highest BCUT2D eigenvalue weighted by Crippen LogP contribution is 2.40. The molecule has 1 saturated heterocycles. The number of halogens is 1. The number of hydrogen-bond acceptors (Lipinski definition) is 4. The van der Waals surface area contributed by atoms with Crippen LogP contribution in [0.25, 0.3) is 6.08 Å². The molecular weight excluding hydrogens is 358 g/mol. The van der Waals surface area contributed by atoms with E-state index < -0.39 is 0 Å². The van der Waals surface area contributed by atoms with Crippen molar-refractivity contribution in [2.24, 2.45) is 11.0 Å². The predicted molar refractivity (Wildman–Crippen MR) is 113 cm³/mol. The van der Waals surface area contributed by atoms with Crippen molar-refractivity contribution in [2.75, 3.05) is 33.3 Å². The summed E-state index contributed by atoms with van der Waals surface area (Å²) in [6, 6.07) is 21.2. The third-order valence-electron chi connectivity index (χ3n) is 5.18. The van der Waals surface area contributed by atoms with Crippen molar-refractivity contribution in [1.82, 2.24) is 9.91 Å². The molecule has 2 aliphatic heterocycles. The first kappa shape index (κ1) is 19.6. The van der Waals surface area contributed by atoms with Gasteiger partial charge in [0, 0.05) is 19.0 Å². The van der Waals surface area contributed by atoms with Gasteiger partial charge in [0.05, 0.1) is 24.9 Å². The molecule has 27 heavy (non-hydrogen) atoms. The highest BCUT2D eigenvalue weighted by atomic mass is 35.5. The van der Waals surface area contributed by atoms with Gasteiger partial charge in [-0.05, 0) is 29.8 Å². The van der Waals surface area contributed by atoms with Crippen molar-refractivity contribution in [2.45, 2.75) is 6.04 Å². The molecule has 2 heterocycles. The topological polar surface area (TPSA) is 39.1 Å². The van der Waals surface area contributed by atoms with E-state index in [2.05, 4.69) is 71.6 Å². The van der Waals surface area contributed by atoms with E-state index in [0.29, 0.717) is 12.5 Å². The van der Waals surface area contributed by atoms with E-state index in [4.69, 9.17) is 5.10 Å². The number of hydrogen-bond donors (Lipinski definition) is 1. The number of rotatable bonds is 4. The zero-order valence-electron chi connectivity index (χ0n) is 15.5. The fourth-order valence-corrected chi connectivity index (χ4v) is 4.11. The number of fused-ring (bicyclic) bond motifs is 1. The van der Waals surface area contributed by atoms with Gasteiger partial charge < -0.3 is 10.0 Å². The van der Waals surface area contributed by atoms with Crippen molar-refractivity contribution in [3.05, 3.63) is 77.4 Å². The zero-order valence-corrected chi connectivity index (χ0v) is 16.3. The Balaban J connectivity index is 0.00000210. The minimum absolute atomic E-state index is 0. The molecule has 5 heteroatoms. The molecule has 0 saturated carbocycles. The Bertz CT molecular complexity index is 807. The molecule has 2 aromatic rings. The summed E-state index contributed by atoms with van der Waals surface area (Å²) in [5.41, 5.74) is 4.92. The molecule has 2 aliphatic rings. The number of nitrogens with zero attached hydrogens (tertiary/aromatic N) is 3. The lowest BCUT2D eigenvalue weighted by atomic mass is 9.83. The van der Waals surface area contributed by atoms with Crippen LogP contribution in [0.4, 0.5) is 0 Å². The second-order valence-electron chi connectivity index (χ2n) is 7.11. The molecule has 4 nitrogen and oxygen atoms in total. The summed E-state index contributed by atoms with van der Waals surface area (Å²) in [5, 5.41) is 16.6. The van der Waals surface area contributed by atoms with Crippen molar-refractivity contribution in [3.8, 4) is 0 Å². The van der Waals surface area contributed by atoms with E-state index >= 15 is 0 Å². The average molecular weight is 384 g/mol. The highest BCUT2D eigenvalue weighted by Gasteiger charge is 2.42. The number of aliphatic hydroxyl groups is 1. The Morgan fingerprint density at radius 1 is 1.07 bits per heavy atom. The molecule has 0 radical (unpaired) electrons. The zero-order chi connectivity index (χ0) is 17.9. The summed E-state index contributed by atoms with van der Waals surface area (Å²) in [6.07, 6.45) is 2.26. The lowest BCUT2D eigenvalue weighted by Gasteiger charge is -2.34. The number of hydrazone groups is 1. The lowest BCUT2D eigenvalue weighted by Crippen LogP contribution is -2.42. The van der Waals surface area contributed by atoms with Crippen LogP contribution < -0.4 is 0 Å². The van der Waals surface area contributed by atoms with Gasteiger partial charge in [0.2, 0.25) is 0 Å². The molecule has 142 valence electrons. The second-order valence-corrected chi connectivity index (χ2v) is 7.11. The van der Waals surface area contributed by atoms with E-state index in [-0.39, 0.29) is 25.1 Å². The molecule has 2 aromatic carbocycles. The van der Waals surface area contributed by atoms with E-state index in [0.717, 1.165) is 13.1 Å². The molecule has 1 N–H and O–H groups in total. The normalized spacial score (nSPS) is 23.7. The van der Waals surface area contributed by atoms with Crippen LogP contribution in [0.2, 0.25) is 0 Å². The summed E-state index contributed by atoms with van der Waals surface area (Å²) in [6.45, 7) is 2.55. The van der Waals surface area contributed by atoms with Crippen LogP contribution >= 0.6 is 12.4 Å². The van der Waals surface area contributed by atoms with E-state index in [1.54, 1.807) is 0 Å². The lowest BCUT2D eigenvalue weighted by molar-refractivity contribution is 0.143. The number of likely N-dealkylation sites (tertiary alicyclic amines) is 1. The summed E-state index contributed by atoms with van der Waals surface area (Å²) in [5.74, 6) is 0.317. The van der Waals surface area contributed by atoms with E-state index in [1.165, 1.54) is 22.4 Å². The van der Waals surface area contributed by atoms with Crippen molar-refractivity contribution in [1.29, 1.82) is 0 Å². The van der Waals surface area contributed by atoms with Gasteiger partial charge in [0.15, 0.2) is 0 Å². The van der Waals surface area contributed by atoms with Crippen LogP contribution in [-0.2, 0) is 0 Å². The second kappa shape index (κ2) is 8.70. The first-order valence-corrected chi connectivity index (χ1v) is 9.22. The van der Waals surface area contributed by atoms with E-state index in [1.807, 2.05) is 12.1 Å². The van der Waals surface area contributed by atoms with Gasteiger partial charge in [-0.25, -0.2) is 0 Å². The Labute approximate surface area is 167 Å². The van der Waals surface area contributed by atoms with Gasteiger partial charge in [-0.2, -0.15) is 5.10 Å². The molecule has 0 aromatic heterocycles. The number of aliphatic hydroxyl groups excluding tert-OH is 1. The van der Waals surface area contributed by atoms with Crippen LogP contribution in [0.1, 0.15) is 17.2 Å². The van der Waals surface area contributed by atoms with Gasteiger partial charge in [-0.3, -0.25) is 5.01 Å². The van der Waals surface area contributed by atoms with E-state index in [9.17, 15) is 5.11 Å². The maximum Gasteiger partial charge on any atom is 0.0817 e. The maximum absolute atomic E-state index is 9.54. The summed E-state index contributed by atoms with van der Waals surface area (Å²) in [4.78, 5) is 2.37. The number of likely N-dealkylation sites (N-methyl/N-ethyl adjacent to an activating group) is 1. The van der Waals surface area contributed by atoms with Crippen molar-refractivity contribution >= 4 is 24.2 Å². The van der Waals surface area contributed by atoms with Crippen LogP contribution in [-0.4, -0.2) is 54.0 Å². The first-order chi connectivity index (χ1) is 12.8. The van der Waals surface area contributed by atoms with Crippen LogP contribution in [0.5, 0.6) is 0 Å².